The van der Waals surface area contributed by atoms with Gasteiger partial charge in [-0.25, -0.2) is 0 Å². The van der Waals surface area contributed by atoms with Crippen LogP contribution in [-0.4, -0.2) is 19.0 Å². The smallest absolute Gasteiger partial charge is 0.307 e. The van der Waals surface area contributed by atoms with Crippen molar-refractivity contribution in [3.8, 4) is 5.75 Å². The van der Waals surface area contributed by atoms with Gasteiger partial charge in [0, 0.05) is 4.88 Å². The fourth-order valence-electron chi connectivity index (χ4n) is 2.56. The van der Waals surface area contributed by atoms with Crippen molar-refractivity contribution in [3.63, 3.8) is 0 Å². The van der Waals surface area contributed by atoms with Crippen molar-refractivity contribution in [2.24, 2.45) is 0 Å². The van der Waals surface area contributed by atoms with E-state index >= 15 is 0 Å². The van der Waals surface area contributed by atoms with Crippen LogP contribution in [0.1, 0.15) is 39.2 Å². The summed E-state index contributed by atoms with van der Waals surface area (Å²) in [5.74, 6) is 0.623. The second-order valence-electron chi connectivity index (χ2n) is 6.19. The molecular weight excluding hydrogens is 378 g/mol. The lowest BCUT2D eigenvalue weighted by atomic mass is 10.1. The number of hydrogen-bond acceptors (Lipinski definition) is 6. The molecule has 1 atom stereocenters. The van der Waals surface area contributed by atoms with E-state index in [0.29, 0.717) is 5.76 Å². The molecule has 6 nitrogen and oxygen atoms in total. The van der Waals surface area contributed by atoms with Gasteiger partial charge in [0.05, 0.1) is 19.6 Å². The first-order valence-corrected chi connectivity index (χ1v) is 9.62. The summed E-state index contributed by atoms with van der Waals surface area (Å²) in [4.78, 5) is 25.1. The maximum atomic E-state index is 12.6. The molecule has 0 spiro atoms. The highest BCUT2D eigenvalue weighted by Gasteiger charge is 2.22. The molecule has 0 radical (unpaired) electrons. The normalized spacial score (nSPS) is 11.6. The van der Waals surface area contributed by atoms with Crippen LogP contribution in [0.15, 0.2) is 58.3 Å². The number of furan rings is 1. The van der Waals surface area contributed by atoms with Crippen molar-refractivity contribution < 1.29 is 23.5 Å². The lowest BCUT2D eigenvalue weighted by Crippen LogP contribution is -2.29. The summed E-state index contributed by atoms with van der Waals surface area (Å²) in [6.45, 7) is 2.22. The Balaban J connectivity index is 1.61. The molecule has 0 saturated heterocycles. The van der Waals surface area contributed by atoms with Gasteiger partial charge in [0.2, 0.25) is 0 Å². The lowest BCUT2D eigenvalue weighted by molar-refractivity contribution is -0.141. The van der Waals surface area contributed by atoms with Crippen molar-refractivity contribution in [2.75, 3.05) is 7.11 Å². The quantitative estimate of drug-likeness (QED) is 0.573. The van der Waals surface area contributed by atoms with Crippen LogP contribution >= 0.6 is 11.3 Å². The number of ether oxygens (including phenoxy) is 2. The number of amides is 1. The molecule has 146 valence electrons. The number of carbonyl (C=O) groups is 2. The minimum absolute atomic E-state index is 0.0485. The van der Waals surface area contributed by atoms with Crippen molar-refractivity contribution in [3.05, 3.63) is 75.9 Å². The van der Waals surface area contributed by atoms with Crippen LogP contribution < -0.4 is 10.1 Å². The standard InChI is InChI=1S/C21H21NO5S/c1-14-5-7-15(8-6-14)26-13-16-9-10-18(27-16)21(24)22-17(12-20(23)25-2)19-4-3-11-28-19/h3-11,17H,12-13H2,1-2H3,(H,22,24). The first-order valence-electron chi connectivity index (χ1n) is 8.74. The predicted octanol–water partition coefficient (Wildman–Crippen LogP) is 4.26. The summed E-state index contributed by atoms with van der Waals surface area (Å²) in [6.07, 6.45) is 0.0485. The number of methoxy groups -OCH3 is 1. The number of benzene rings is 1. The lowest BCUT2D eigenvalue weighted by Gasteiger charge is -2.15. The average Bonchev–Trinajstić information content (AvgIpc) is 3.39. The van der Waals surface area contributed by atoms with Crippen molar-refractivity contribution in [2.45, 2.75) is 26.0 Å². The van der Waals surface area contributed by atoms with E-state index in [2.05, 4.69) is 5.32 Å². The van der Waals surface area contributed by atoms with Gasteiger partial charge in [0.1, 0.15) is 18.1 Å². The largest absolute Gasteiger partial charge is 0.486 e. The Kier molecular flexibility index (Phi) is 6.49. The third-order valence-electron chi connectivity index (χ3n) is 4.08. The van der Waals surface area contributed by atoms with Crippen LogP contribution in [0, 0.1) is 6.92 Å². The zero-order chi connectivity index (χ0) is 19.9. The topological polar surface area (TPSA) is 77.8 Å². The van der Waals surface area contributed by atoms with Gasteiger partial charge in [-0.2, -0.15) is 0 Å². The van der Waals surface area contributed by atoms with Gasteiger partial charge in [-0.3, -0.25) is 9.59 Å². The molecule has 0 aliphatic rings. The molecule has 1 amide bonds. The number of hydrogen-bond donors (Lipinski definition) is 1. The molecule has 1 N–H and O–H groups in total. The highest BCUT2D eigenvalue weighted by atomic mass is 32.1. The molecular formula is C21H21NO5S. The van der Waals surface area contributed by atoms with Crippen molar-refractivity contribution in [1.82, 2.24) is 5.32 Å². The summed E-state index contributed by atoms with van der Waals surface area (Å²) in [6, 6.07) is 14.2. The highest BCUT2D eigenvalue weighted by molar-refractivity contribution is 7.10. The zero-order valence-electron chi connectivity index (χ0n) is 15.6. The van der Waals surface area contributed by atoms with Crippen LogP contribution in [0.3, 0.4) is 0 Å². The van der Waals surface area contributed by atoms with E-state index in [4.69, 9.17) is 13.9 Å². The van der Waals surface area contributed by atoms with Gasteiger partial charge in [0.25, 0.3) is 5.91 Å². The number of nitrogens with one attached hydrogen (secondary N) is 1. The highest BCUT2D eigenvalue weighted by Crippen LogP contribution is 2.23. The van der Waals surface area contributed by atoms with Crippen LogP contribution in [0.25, 0.3) is 0 Å². The number of rotatable bonds is 8. The number of thiophene rings is 1. The Labute approximate surface area is 167 Å². The zero-order valence-corrected chi connectivity index (χ0v) is 16.5. The summed E-state index contributed by atoms with van der Waals surface area (Å²) in [7, 11) is 1.32. The number of esters is 1. The Morgan fingerprint density at radius 1 is 1.14 bits per heavy atom. The molecule has 2 heterocycles. The monoisotopic (exact) mass is 399 g/mol. The van der Waals surface area contributed by atoms with E-state index in [0.717, 1.165) is 16.2 Å². The number of aryl methyl sites for hydroxylation is 1. The molecule has 3 aromatic rings. The second kappa shape index (κ2) is 9.23. The Hall–Kier alpha value is -3.06. The first kappa shape index (κ1) is 19.7. The molecule has 0 aliphatic heterocycles. The Morgan fingerprint density at radius 3 is 2.61 bits per heavy atom. The molecule has 0 saturated carbocycles. The SMILES string of the molecule is COC(=O)CC(NC(=O)c1ccc(COc2ccc(C)cc2)o1)c1cccs1. The van der Waals surface area contributed by atoms with E-state index in [1.54, 1.807) is 12.1 Å². The Bertz CT molecular complexity index is 915. The Morgan fingerprint density at radius 2 is 1.93 bits per heavy atom. The first-order chi connectivity index (χ1) is 13.5. The molecule has 0 aliphatic carbocycles. The van der Waals surface area contributed by atoms with E-state index in [-0.39, 0.29) is 18.8 Å². The maximum absolute atomic E-state index is 12.6. The number of carbonyl (C=O) groups excluding carboxylic acids is 2. The summed E-state index contributed by atoms with van der Waals surface area (Å²) in [5, 5.41) is 4.72. The maximum Gasteiger partial charge on any atom is 0.307 e. The van der Waals surface area contributed by atoms with Gasteiger partial charge < -0.3 is 19.2 Å². The fraction of sp³-hybridized carbons (Fsp3) is 0.238. The molecule has 1 aromatic carbocycles. The summed E-state index contributed by atoms with van der Waals surface area (Å²) >= 11 is 1.46. The average molecular weight is 399 g/mol. The molecule has 0 fully saturated rings. The molecule has 1 unspecified atom stereocenters. The summed E-state index contributed by atoms with van der Waals surface area (Å²) in [5.41, 5.74) is 1.15. The summed E-state index contributed by atoms with van der Waals surface area (Å²) < 4.78 is 16.0. The molecule has 3 rings (SSSR count). The van der Waals surface area contributed by atoms with E-state index < -0.39 is 17.9 Å². The van der Waals surface area contributed by atoms with Crippen molar-refractivity contribution in [1.29, 1.82) is 0 Å². The molecule has 2 aromatic heterocycles. The van der Waals surface area contributed by atoms with Crippen LogP contribution in [0.4, 0.5) is 0 Å². The van der Waals surface area contributed by atoms with Crippen LogP contribution in [-0.2, 0) is 16.1 Å². The van der Waals surface area contributed by atoms with Gasteiger partial charge in [-0.15, -0.1) is 11.3 Å². The molecule has 0 bridgehead atoms. The predicted molar refractivity (Wildman–Crippen MR) is 105 cm³/mol. The van der Waals surface area contributed by atoms with Gasteiger partial charge >= 0.3 is 5.97 Å². The van der Waals surface area contributed by atoms with Crippen LogP contribution in [0.2, 0.25) is 0 Å². The second-order valence-corrected chi connectivity index (χ2v) is 7.17. The molecule has 7 heteroatoms. The minimum atomic E-state index is -0.475. The third kappa shape index (κ3) is 5.23. The van der Waals surface area contributed by atoms with Crippen molar-refractivity contribution >= 4 is 23.2 Å². The van der Waals surface area contributed by atoms with E-state index in [1.807, 2.05) is 48.7 Å². The van der Waals surface area contributed by atoms with Gasteiger partial charge in [-0.1, -0.05) is 23.8 Å². The minimum Gasteiger partial charge on any atom is -0.486 e. The van der Waals surface area contributed by atoms with Crippen LogP contribution in [0.5, 0.6) is 5.75 Å². The molecule has 28 heavy (non-hydrogen) atoms. The van der Waals surface area contributed by atoms with E-state index in [9.17, 15) is 9.59 Å². The van der Waals surface area contributed by atoms with E-state index in [1.165, 1.54) is 18.4 Å². The van der Waals surface area contributed by atoms with Gasteiger partial charge in [-0.05, 0) is 42.6 Å². The fourth-order valence-corrected chi connectivity index (χ4v) is 3.34. The third-order valence-corrected chi connectivity index (χ3v) is 5.06. The van der Waals surface area contributed by atoms with Gasteiger partial charge in [0.15, 0.2) is 5.76 Å².